The summed E-state index contributed by atoms with van der Waals surface area (Å²) >= 11 is 3.34. The molecule has 0 bridgehead atoms. The summed E-state index contributed by atoms with van der Waals surface area (Å²) in [7, 11) is 0. The maximum absolute atomic E-state index is 12.1. The molecule has 0 aliphatic heterocycles. The fourth-order valence-electron chi connectivity index (χ4n) is 1.81. The highest BCUT2D eigenvalue weighted by Gasteiger charge is 2.32. The topological polar surface area (TPSA) is 69.6 Å². The molecule has 1 aromatic carbocycles. The molecule has 6 heteroatoms. The molecule has 0 aromatic heterocycles. The number of carbonyl (C=O) groups is 2. The molecule has 1 aliphatic carbocycles. The van der Waals surface area contributed by atoms with Crippen molar-refractivity contribution in [2.24, 2.45) is 0 Å². The molecular weight excluding hydrogens is 312 g/mol. The standard InChI is InChI=1S/C13H15BrN2O3/c14-9-2-1-3-10(8-9)15-13(19)16(11-4-5-11)7-6-12(17)18/h1-3,8,11H,4-7H2,(H,15,19)(H,17,18). The van der Waals surface area contributed by atoms with Gasteiger partial charge in [-0.2, -0.15) is 0 Å². The second-order valence-electron chi connectivity index (χ2n) is 4.51. The van der Waals surface area contributed by atoms with E-state index in [4.69, 9.17) is 5.11 Å². The van der Waals surface area contributed by atoms with Crippen molar-refractivity contribution in [3.05, 3.63) is 28.7 Å². The van der Waals surface area contributed by atoms with E-state index in [1.54, 1.807) is 17.0 Å². The smallest absolute Gasteiger partial charge is 0.322 e. The minimum Gasteiger partial charge on any atom is -0.481 e. The lowest BCUT2D eigenvalue weighted by atomic mass is 10.3. The molecule has 0 saturated heterocycles. The first-order chi connectivity index (χ1) is 9.06. The normalized spacial score (nSPS) is 13.9. The minimum atomic E-state index is -0.888. The first-order valence-corrected chi connectivity index (χ1v) is 6.90. The Morgan fingerprint density at radius 3 is 2.74 bits per heavy atom. The monoisotopic (exact) mass is 326 g/mol. The summed E-state index contributed by atoms with van der Waals surface area (Å²) in [4.78, 5) is 24.3. The van der Waals surface area contributed by atoms with Gasteiger partial charge in [0.1, 0.15) is 0 Å². The number of benzene rings is 1. The van der Waals surface area contributed by atoms with Crippen LogP contribution in [0.4, 0.5) is 10.5 Å². The van der Waals surface area contributed by atoms with Gasteiger partial charge in [-0.1, -0.05) is 22.0 Å². The molecule has 0 spiro atoms. The molecular formula is C13H15BrN2O3. The fourth-order valence-corrected chi connectivity index (χ4v) is 2.21. The number of rotatable bonds is 5. The molecule has 2 rings (SSSR count). The Labute approximate surface area is 119 Å². The number of carboxylic acid groups (broad SMARTS) is 1. The number of carbonyl (C=O) groups excluding carboxylic acids is 1. The number of nitrogens with one attached hydrogen (secondary N) is 1. The van der Waals surface area contributed by atoms with Crippen molar-refractivity contribution < 1.29 is 14.7 Å². The average molecular weight is 327 g/mol. The third-order valence-electron chi connectivity index (χ3n) is 2.89. The van der Waals surface area contributed by atoms with Crippen LogP contribution in [0, 0.1) is 0 Å². The average Bonchev–Trinajstić information content (AvgIpc) is 3.13. The van der Waals surface area contributed by atoms with Crippen LogP contribution in [-0.2, 0) is 4.79 Å². The number of aliphatic carboxylic acids is 1. The van der Waals surface area contributed by atoms with E-state index in [2.05, 4.69) is 21.2 Å². The summed E-state index contributed by atoms with van der Waals surface area (Å²) in [6, 6.07) is 7.26. The van der Waals surface area contributed by atoms with Gasteiger partial charge in [0.05, 0.1) is 6.42 Å². The predicted molar refractivity (Wildman–Crippen MR) is 75.1 cm³/mol. The van der Waals surface area contributed by atoms with E-state index in [1.807, 2.05) is 12.1 Å². The Morgan fingerprint density at radius 1 is 1.42 bits per heavy atom. The van der Waals surface area contributed by atoms with Gasteiger partial charge in [-0.3, -0.25) is 4.79 Å². The van der Waals surface area contributed by atoms with Crippen molar-refractivity contribution in [3.8, 4) is 0 Å². The molecule has 19 heavy (non-hydrogen) atoms. The zero-order chi connectivity index (χ0) is 13.8. The Bertz CT molecular complexity index is 489. The molecule has 102 valence electrons. The molecule has 5 nitrogen and oxygen atoms in total. The molecule has 1 saturated carbocycles. The lowest BCUT2D eigenvalue weighted by Crippen LogP contribution is -2.38. The maximum atomic E-state index is 12.1. The van der Waals surface area contributed by atoms with Crippen LogP contribution in [0.15, 0.2) is 28.7 Å². The van der Waals surface area contributed by atoms with Crippen LogP contribution in [0.1, 0.15) is 19.3 Å². The van der Waals surface area contributed by atoms with Crippen LogP contribution < -0.4 is 5.32 Å². The Balaban J connectivity index is 1.97. The third kappa shape index (κ3) is 4.24. The third-order valence-corrected chi connectivity index (χ3v) is 3.38. The van der Waals surface area contributed by atoms with Crippen molar-refractivity contribution in [2.45, 2.75) is 25.3 Å². The number of urea groups is 1. The van der Waals surface area contributed by atoms with E-state index in [0.717, 1.165) is 17.3 Å². The van der Waals surface area contributed by atoms with E-state index in [0.29, 0.717) is 5.69 Å². The van der Waals surface area contributed by atoms with E-state index in [1.165, 1.54) is 0 Å². The number of halogens is 1. The summed E-state index contributed by atoms with van der Waals surface area (Å²) in [5.74, 6) is -0.888. The number of nitrogens with zero attached hydrogens (tertiary/aromatic N) is 1. The lowest BCUT2D eigenvalue weighted by molar-refractivity contribution is -0.137. The molecule has 1 aromatic rings. The number of hydrogen-bond donors (Lipinski definition) is 2. The quantitative estimate of drug-likeness (QED) is 0.874. The maximum Gasteiger partial charge on any atom is 0.322 e. The van der Waals surface area contributed by atoms with Gasteiger partial charge in [0.15, 0.2) is 0 Å². The summed E-state index contributed by atoms with van der Waals surface area (Å²) in [5.41, 5.74) is 0.695. The minimum absolute atomic E-state index is 0.0254. The molecule has 1 fully saturated rings. The van der Waals surface area contributed by atoms with E-state index >= 15 is 0 Å². The molecule has 1 aliphatic rings. The zero-order valence-corrected chi connectivity index (χ0v) is 11.9. The highest BCUT2D eigenvalue weighted by molar-refractivity contribution is 9.10. The molecule has 2 N–H and O–H groups in total. The van der Waals surface area contributed by atoms with E-state index < -0.39 is 5.97 Å². The number of amides is 2. The summed E-state index contributed by atoms with van der Waals surface area (Å²) < 4.78 is 0.883. The number of hydrogen-bond acceptors (Lipinski definition) is 2. The van der Waals surface area contributed by atoms with Crippen molar-refractivity contribution in [1.82, 2.24) is 4.90 Å². The van der Waals surface area contributed by atoms with Gasteiger partial charge >= 0.3 is 12.0 Å². The fraction of sp³-hybridized carbons (Fsp3) is 0.385. The molecule has 0 radical (unpaired) electrons. The van der Waals surface area contributed by atoms with Crippen LogP contribution >= 0.6 is 15.9 Å². The van der Waals surface area contributed by atoms with Crippen molar-refractivity contribution in [3.63, 3.8) is 0 Å². The second-order valence-corrected chi connectivity index (χ2v) is 5.42. The largest absolute Gasteiger partial charge is 0.481 e. The van der Waals surface area contributed by atoms with Crippen molar-refractivity contribution in [1.29, 1.82) is 0 Å². The van der Waals surface area contributed by atoms with E-state index in [-0.39, 0.29) is 25.0 Å². The van der Waals surface area contributed by atoms with Crippen LogP contribution in [0.2, 0.25) is 0 Å². The Kier molecular flexibility index (Phi) is 4.42. The predicted octanol–water partition coefficient (Wildman–Crippen LogP) is 2.92. The van der Waals surface area contributed by atoms with Gasteiger partial charge in [-0.05, 0) is 31.0 Å². The van der Waals surface area contributed by atoms with Crippen LogP contribution in [0.5, 0.6) is 0 Å². The summed E-state index contributed by atoms with van der Waals surface area (Å²) in [6.45, 7) is 0.250. The van der Waals surface area contributed by atoms with Crippen LogP contribution in [0.25, 0.3) is 0 Å². The van der Waals surface area contributed by atoms with Gasteiger partial charge in [-0.15, -0.1) is 0 Å². The van der Waals surface area contributed by atoms with Gasteiger partial charge in [-0.25, -0.2) is 4.79 Å². The number of anilines is 1. The van der Waals surface area contributed by atoms with Crippen molar-refractivity contribution in [2.75, 3.05) is 11.9 Å². The highest BCUT2D eigenvalue weighted by atomic mass is 79.9. The Hall–Kier alpha value is -1.56. The lowest BCUT2D eigenvalue weighted by Gasteiger charge is -2.22. The molecule has 0 unspecified atom stereocenters. The van der Waals surface area contributed by atoms with Crippen molar-refractivity contribution >= 4 is 33.6 Å². The second kappa shape index (κ2) is 6.06. The van der Waals surface area contributed by atoms with Gasteiger partial charge in [0.25, 0.3) is 0 Å². The molecule has 2 amide bonds. The Morgan fingerprint density at radius 2 is 2.16 bits per heavy atom. The highest BCUT2D eigenvalue weighted by Crippen LogP contribution is 2.27. The van der Waals surface area contributed by atoms with Gasteiger partial charge in [0, 0.05) is 22.7 Å². The van der Waals surface area contributed by atoms with Gasteiger partial charge < -0.3 is 15.3 Å². The SMILES string of the molecule is O=C(O)CCN(C(=O)Nc1cccc(Br)c1)C1CC1. The van der Waals surface area contributed by atoms with Crippen LogP contribution in [-0.4, -0.2) is 34.6 Å². The number of carboxylic acids is 1. The van der Waals surface area contributed by atoms with E-state index in [9.17, 15) is 9.59 Å². The van der Waals surface area contributed by atoms with Crippen LogP contribution in [0.3, 0.4) is 0 Å². The first-order valence-electron chi connectivity index (χ1n) is 6.11. The summed E-state index contributed by atoms with van der Waals surface area (Å²) in [5, 5.41) is 11.5. The summed E-state index contributed by atoms with van der Waals surface area (Å²) in [6.07, 6.45) is 1.87. The first kappa shape index (κ1) is 13.9. The molecule has 0 heterocycles. The van der Waals surface area contributed by atoms with Gasteiger partial charge in [0.2, 0.25) is 0 Å². The molecule has 0 atom stereocenters. The zero-order valence-electron chi connectivity index (χ0n) is 10.3.